The highest BCUT2D eigenvalue weighted by atomic mass is 16.2. The van der Waals surface area contributed by atoms with Gasteiger partial charge in [-0.15, -0.1) is 0 Å². The summed E-state index contributed by atoms with van der Waals surface area (Å²) in [7, 11) is 0. The number of hydrogen-bond donors (Lipinski definition) is 1. The summed E-state index contributed by atoms with van der Waals surface area (Å²) in [5.41, 5.74) is -0.249. The van der Waals surface area contributed by atoms with E-state index in [2.05, 4.69) is 11.4 Å². The van der Waals surface area contributed by atoms with Crippen LogP contribution in [0, 0.1) is 16.7 Å². The molecule has 0 aromatic carbocycles. The van der Waals surface area contributed by atoms with Gasteiger partial charge in [-0.3, -0.25) is 4.79 Å². The zero-order valence-corrected chi connectivity index (χ0v) is 11.0. The van der Waals surface area contributed by atoms with Crippen molar-refractivity contribution in [2.24, 2.45) is 5.41 Å². The minimum Gasteiger partial charge on any atom is -0.342 e. The summed E-state index contributed by atoms with van der Waals surface area (Å²) in [6, 6.07) is 2.28. The molecule has 0 aromatic rings. The maximum absolute atomic E-state index is 11.7. The highest BCUT2D eigenvalue weighted by molar-refractivity contribution is 5.78. The number of amides is 1. The van der Waals surface area contributed by atoms with Crippen LogP contribution in [0.2, 0.25) is 0 Å². The Balaban J connectivity index is 2.04. The maximum atomic E-state index is 11.7. The Morgan fingerprint density at radius 1 is 1.41 bits per heavy atom. The lowest BCUT2D eigenvalue weighted by molar-refractivity contribution is -0.129. The summed E-state index contributed by atoms with van der Waals surface area (Å²) < 4.78 is 0. The first-order valence-corrected chi connectivity index (χ1v) is 6.45. The minimum atomic E-state index is -0.249. The summed E-state index contributed by atoms with van der Waals surface area (Å²) in [4.78, 5) is 13.6. The van der Waals surface area contributed by atoms with Crippen molar-refractivity contribution in [3.05, 3.63) is 0 Å². The second-order valence-corrected chi connectivity index (χ2v) is 5.36. The predicted octanol–water partition coefficient (Wildman–Crippen LogP) is 1.53. The van der Waals surface area contributed by atoms with Crippen LogP contribution in [0.3, 0.4) is 0 Å². The molecule has 96 valence electrons. The molecule has 0 aromatic heterocycles. The van der Waals surface area contributed by atoms with Gasteiger partial charge < -0.3 is 10.2 Å². The topological polar surface area (TPSA) is 56.1 Å². The number of nitrogens with zero attached hydrogens (tertiary/aromatic N) is 2. The summed E-state index contributed by atoms with van der Waals surface area (Å²) in [5, 5.41) is 12.0. The number of rotatable bonds is 6. The third-order valence-electron chi connectivity index (χ3n) is 3.19. The molecule has 0 unspecified atom stereocenters. The molecule has 0 radical (unpaired) electrons. The van der Waals surface area contributed by atoms with Crippen molar-refractivity contribution in [1.29, 1.82) is 5.26 Å². The summed E-state index contributed by atoms with van der Waals surface area (Å²) in [6.45, 7) is 6.98. The van der Waals surface area contributed by atoms with Crippen LogP contribution in [0.4, 0.5) is 0 Å². The second-order valence-electron chi connectivity index (χ2n) is 5.36. The molecule has 1 rings (SSSR count). The monoisotopic (exact) mass is 237 g/mol. The van der Waals surface area contributed by atoms with Crippen LogP contribution in [0.5, 0.6) is 0 Å². The molecule has 1 aliphatic heterocycles. The van der Waals surface area contributed by atoms with Gasteiger partial charge in [0.25, 0.3) is 0 Å². The van der Waals surface area contributed by atoms with E-state index in [4.69, 9.17) is 5.26 Å². The normalized spacial score (nSPS) is 15.9. The van der Waals surface area contributed by atoms with Gasteiger partial charge in [-0.2, -0.15) is 5.26 Å². The van der Waals surface area contributed by atoms with E-state index in [1.54, 1.807) is 0 Å². The van der Waals surface area contributed by atoms with E-state index in [9.17, 15) is 4.79 Å². The standard InChI is InChI=1S/C13H23N3O/c1-13(2,11-14)6-5-7-15-10-12(17)16-8-3-4-9-16/h15H,3-10H2,1-2H3. The van der Waals surface area contributed by atoms with Crippen molar-refractivity contribution in [2.75, 3.05) is 26.2 Å². The number of nitriles is 1. The van der Waals surface area contributed by atoms with E-state index < -0.39 is 0 Å². The van der Waals surface area contributed by atoms with Crippen molar-refractivity contribution >= 4 is 5.91 Å². The van der Waals surface area contributed by atoms with Crippen LogP contribution in [0.1, 0.15) is 39.5 Å². The van der Waals surface area contributed by atoms with E-state index in [1.165, 1.54) is 0 Å². The predicted molar refractivity (Wildman–Crippen MR) is 67.3 cm³/mol. The average Bonchev–Trinajstić information content (AvgIpc) is 2.82. The van der Waals surface area contributed by atoms with Crippen LogP contribution in [0.15, 0.2) is 0 Å². The molecule has 1 saturated heterocycles. The molecule has 1 fully saturated rings. The zero-order chi connectivity index (χ0) is 12.7. The van der Waals surface area contributed by atoms with Crippen molar-refractivity contribution in [2.45, 2.75) is 39.5 Å². The van der Waals surface area contributed by atoms with Crippen molar-refractivity contribution < 1.29 is 4.79 Å². The number of likely N-dealkylation sites (tertiary alicyclic amines) is 1. The van der Waals surface area contributed by atoms with Gasteiger partial charge in [-0.1, -0.05) is 0 Å². The molecule has 1 amide bonds. The number of carbonyl (C=O) groups is 1. The Kier molecular flexibility index (Phi) is 5.43. The van der Waals surface area contributed by atoms with Gasteiger partial charge >= 0.3 is 0 Å². The molecule has 0 saturated carbocycles. The first kappa shape index (κ1) is 14.0. The highest BCUT2D eigenvalue weighted by Crippen LogP contribution is 2.19. The van der Waals surface area contributed by atoms with Crippen LogP contribution >= 0.6 is 0 Å². The highest BCUT2D eigenvalue weighted by Gasteiger charge is 2.18. The number of hydrogen-bond acceptors (Lipinski definition) is 3. The average molecular weight is 237 g/mol. The molecular weight excluding hydrogens is 214 g/mol. The molecule has 0 spiro atoms. The van der Waals surface area contributed by atoms with Crippen LogP contribution in [-0.4, -0.2) is 37.0 Å². The van der Waals surface area contributed by atoms with E-state index in [-0.39, 0.29) is 11.3 Å². The Bertz CT molecular complexity index is 288. The smallest absolute Gasteiger partial charge is 0.236 e. The lowest BCUT2D eigenvalue weighted by atomic mass is 9.90. The number of carbonyl (C=O) groups excluding carboxylic acids is 1. The first-order valence-electron chi connectivity index (χ1n) is 6.45. The van der Waals surface area contributed by atoms with Gasteiger partial charge in [0.15, 0.2) is 0 Å². The summed E-state index contributed by atoms with van der Waals surface area (Å²) in [5.74, 6) is 0.210. The minimum absolute atomic E-state index is 0.210. The second kappa shape index (κ2) is 6.61. The molecule has 1 N–H and O–H groups in total. The fraction of sp³-hybridized carbons (Fsp3) is 0.846. The van der Waals surface area contributed by atoms with Crippen molar-refractivity contribution in [1.82, 2.24) is 10.2 Å². The van der Waals surface area contributed by atoms with E-state index in [0.717, 1.165) is 45.3 Å². The van der Waals surface area contributed by atoms with Gasteiger partial charge in [-0.05, 0) is 46.1 Å². The fourth-order valence-electron chi connectivity index (χ4n) is 1.98. The van der Waals surface area contributed by atoms with Crippen LogP contribution in [-0.2, 0) is 4.79 Å². The molecule has 17 heavy (non-hydrogen) atoms. The molecule has 4 nitrogen and oxygen atoms in total. The van der Waals surface area contributed by atoms with E-state index in [0.29, 0.717) is 6.54 Å². The third kappa shape index (κ3) is 5.18. The molecule has 1 aliphatic rings. The fourth-order valence-corrected chi connectivity index (χ4v) is 1.98. The molecule has 0 aliphatic carbocycles. The maximum Gasteiger partial charge on any atom is 0.236 e. The zero-order valence-electron chi connectivity index (χ0n) is 11.0. The van der Waals surface area contributed by atoms with Gasteiger partial charge in [0.2, 0.25) is 5.91 Å². The SMILES string of the molecule is CC(C)(C#N)CCCNCC(=O)N1CCCC1. The molecule has 4 heteroatoms. The van der Waals surface area contributed by atoms with Gasteiger partial charge in [0.1, 0.15) is 0 Å². The largest absolute Gasteiger partial charge is 0.342 e. The lowest BCUT2D eigenvalue weighted by Crippen LogP contribution is -2.36. The summed E-state index contributed by atoms with van der Waals surface area (Å²) in [6.07, 6.45) is 4.09. The van der Waals surface area contributed by atoms with Gasteiger partial charge in [0, 0.05) is 13.1 Å². The molecule has 0 bridgehead atoms. The quantitative estimate of drug-likeness (QED) is 0.713. The third-order valence-corrected chi connectivity index (χ3v) is 3.19. The molecule has 1 heterocycles. The Hall–Kier alpha value is -1.08. The summed E-state index contributed by atoms with van der Waals surface area (Å²) >= 11 is 0. The van der Waals surface area contributed by atoms with E-state index in [1.807, 2.05) is 18.7 Å². The molecular formula is C13H23N3O. The van der Waals surface area contributed by atoms with E-state index >= 15 is 0 Å². The van der Waals surface area contributed by atoms with Crippen molar-refractivity contribution in [3.63, 3.8) is 0 Å². The van der Waals surface area contributed by atoms with Gasteiger partial charge in [-0.25, -0.2) is 0 Å². The van der Waals surface area contributed by atoms with Crippen molar-refractivity contribution in [3.8, 4) is 6.07 Å². The Morgan fingerprint density at radius 3 is 2.65 bits per heavy atom. The Labute approximate surface area is 104 Å². The van der Waals surface area contributed by atoms with Gasteiger partial charge in [0.05, 0.1) is 18.0 Å². The van der Waals surface area contributed by atoms with Crippen LogP contribution in [0.25, 0.3) is 0 Å². The number of nitrogens with one attached hydrogen (secondary N) is 1. The van der Waals surface area contributed by atoms with Crippen LogP contribution < -0.4 is 5.32 Å². The first-order chi connectivity index (χ1) is 8.05. The lowest BCUT2D eigenvalue weighted by Gasteiger charge is -2.17. The Morgan fingerprint density at radius 2 is 2.06 bits per heavy atom. The molecule has 0 atom stereocenters.